The van der Waals surface area contributed by atoms with Crippen LogP contribution >= 0.6 is 11.8 Å². The highest BCUT2D eigenvalue weighted by Gasteiger charge is 2.15. The first-order chi connectivity index (χ1) is 6.58. The molecule has 0 bridgehead atoms. The Labute approximate surface area is 92.5 Å². The maximum atomic E-state index is 3.35. The van der Waals surface area contributed by atoms with Crippen LogP contribution in [0.1, 0.15) is 40.5 Å². The third-order valence-electron chi connectivity index (χ3n) is 2.00. The van der Waals surface area contributed by atoms with Gasteiger partial charge in [-0.25, -0.2) is 0 Å². The van der Waals surface area contributed by atoms with Crippen molar-refractivity contribution in [1.29, 1.82) is 0 Å². The summed E-state index contributed by atoms with van der Waals surface area (Å²) in [4.78, 5) is 1.54. The summed E-state index contributed by atoms with van der Waals surface area (Å²) in [5.41, 5.74) is 0. The lowest BCUT2D eigenvalue weighted by atomic mass is 10.1. The van der Waals surface area contributed by atoms with Crippen molar-refractivity contribution in [2.24, 2.45) is 11.8 Å². The van der Waals surface area contributed by atoms with Crippen molar-refractivity contribution in [1.82, 2.24) is 0 Å². The summed E-state index contributed by atoms with van der Waals surface area (Å²) in [7, 11) is 0. The first kappa shape index (κ1) is 11.7. The Balaban J connectivity index is 2.36. The minimum Gasteiger partial charge on any atom is -0.114 e. The molecule has 0 nitrogen and oxygen atoms in total. The summed E-state index contributed by atoms with van der Waals surface area (Å²) < 4.78 is 0. The monoisotopic (exact) mass is 208 g/mol. The predicted molar refractivity (Wildman–Crippen MR) is 66.1 cm³/mol. The van der Waals surface area contributed by atoms with E-state index in [-0.39, 0.29) is 0 Å². The van der Waals surface area contributed by atoms with Gasteiger partial charge in [-0.2, -0.15) is 0 Å². The van der Waals surface area contributed by atoms with Crippen molar-refractivity contribution < 1.29 is 0 Å². The Hall–Kier alpha value is -0.350. The zero-order chi connectivity index (χ0) is 10.6. The van der Waals surface area contributed by atoms with Gasteiger partial charge in [-0.3, -0.25) is 0 Å². The molecular formula is C13H20S. The first-order valence-electron chi connectivity index (χ1n) is 5.44. The van der Waals surface area contributed by atoms with Gasteiger partial charge in [0.15, 0.2) is 0 Å². The molecule has 1 aliphatic rings. The summed E-state index contributed by atoms with van der Waals surface area (Å²) in [5.74, 6) is 7.88. The van der Waals surface area contributed by atoms with Crippen LogP contribution in [0.15, 0.2) is 11.0 Å². The molecule has 0 saturated carbocycles. The SMILES string of the molecule is CC(C)C#CC1CC=C(CC(C)C)S1. The molecule has 1 rings (SSSR count). The molecule has 0 spiro atoms. The number of rotatable bonds is 2. The Morgan fingerprint density at radius 1 is 1.43 bits per heavy atom. The van der Waals surface area contributed by atoms with Crippen molar-refractivity contribution in [2.45, 2.75) is 45.8 Å². The zero-order valence-corrected chi connectivity index (χ0v) is 10.4. The Bertz CT molecular complexity index is 263. The van der Waals surface area contributed by atoms with E-state index in [0.717, 1.165) is 12.3 Å². The molecule has 0 aliphatic carbocycles. The van der Waals surface area contributed by atoms with E-state index < -0.39 is 0 Å². The van der Waals surface area contributed by atoms with E-state index in [2.05, 4.69) is 45.6 Å². The zero-order valence-electron chi connectivity index (χ0n) is 9.63. The van der Waals surface area contributed by atoms with Crippen LogP contribution in [0.3, 0.4) is 0 Å². The maximum absolute atomic E-state index is 3.35. The van der Waals surface area contributed by atoms with Crippen molar-refractivity contribution in [2.75, 3.05) is 0 Å². The summed E-state index contributed by atoms with van der Waals surface area (Å²) in [5, 5.41) is 0.533. The second-order valence-corrected chi connectivity index (χ2v) is 5.88. The third kappa shape index (κ3) is 4.24. The van der Waals surface area contributed by atoms with Gasteiger partial charge in [-0.15, -0.1) is 11.8 Å². The van der Waals surface area contributed by atoms with E-state index in [4.69, 9.17) is 0 Å². The van der Waals surface area contributed by atoms with Gasteiger partial charge in [-0.05, 0) is 23.7 Å². The van der Waals surface area contributed by atoms with Crippen LogP contribution < -0.4 is 0 Å². The lowest BCUT2D eigenvalue weighted by Crippen LogP contribution is -1.93. The van der Waals surface area contributed by atoms with Gasteiger partial charge in [0.1, 0.15) is 0 Å². The molecule has 0 radical (unpaired) electrons. The summed E-state index contributed by atoms with van der Waals surface area (Å²) in [6, 6.07) is 0. The highest BCUT2D eigenvalue weighted by Crippen LogP contribution is 2.35. The average Bonchev–Trinajstić information content (AvgIpc) is 2.47. The van der Waals surface area contributed by atoms with E-state index >= 15 is 0 Å². The van der Waals surface area contributed by atoms with Crippen molar-refractivity contribution >= 4 is 11.8 Å². The molecular weight excluding hydrogens is 188 g/mol. The van der Waals surface area contributed by atoms with Crippen LogP contribution in [0.25, 0.3) is 0 Å². The first-order valence-corrected chi connectivity index (χ1v) is 6.32. The van der Waals surface area contributed by atoms with Crippen LogP contribution in [0.4, 0.5) is 0 Å². The molecule has 0 N–H and O–H groups in total. The van der Waals surface area contributed by atoms with Gasteiger partial charge in [-0.1, -0.05) is 45.6 Å². The minimum atomic E-state index is 0.504. The Kier molecular flexibility index (Phi) is 4.62. The lowest BCUT2D eigenvalue weighted by Gasteiger charge is -2.05. The van der Waals surface area contributed by atoms with Crippen molar-refractivity contribution in [3.05, 3.63) is 11.0 Å². The van der Waals surface area contributed by atoms with E-state index in [1.165, 1.54) is 6.42 Å². The van der Waals surface area contributed by atoms with Crippen molar-refractivity contribution in [3.8, 4) is 11.8 Å². The van der Waals surface area contributed by atoms with Crippen LogP contribution in [0, 0.1) is 23.7 Å². The lowest BCUT2D eigenvalue weighted by molar-refractivity contribution is 0.658. The number of hydrogen-bond donors (Lipinski definition) is 0. The predicted octanol–water partition coefficient (Wildman–Crippen LogP) is 4.08. The molecule has 0 amide bonds. The quantitative estimate of drug-likeness (QED) is 0.616. The fourth-order valence-electron chi connectivity index (χ4n) is 1.40. The standard InChI is InChI=1S/C13H20S/c1-10(2)5-6-12-7-8-13(14-12)9-11(3)4/h8,10-12H,7,9H2,1-4H3. The number of hydrogen-bond acceptors (Lipinski definition) is 1. The number of thioether (sulfide) groups is 1. The highest BCUT2D eigenvalue weighted by atomic mass is 32.2. The van der Waals surface area contributed by atoms with E-state index in [0.29, 0.717) is 11.2 Å². The fraction of sp³-hybridized carbons (Fsp3) is 0.692. The van der Waals surface area contributed by atoms with Gasteiger partial charge >= 0.3 is 0 Å². The van der Waals surface area contributed by atoms with E-state index in [1.54, 1.807) is 4.91 Å². The molecule has 1 atom stereocenters. The van der Waals surface area contributed by atoms with E-state index in [1.807, 2.05) is 11.8 Å². The van der Waals surface area contributed by atoms with E-state index in [9.17, 15) is 0 Å². The van der Waals surface area contributed by atoms with Crippen LogP contribution in [0.5, 0.6) is 0 Å². The molecule has 1 unspecified atom stereocenters. The van der Waals surface area contributed by atoms with Crippen LogP contribution in [-0.2, 0) is 0 Å². The summed E-state index contributed by atoms with van der Waals surface area (Å²) >= 11 is 1.97. The average molecular weight is 208 g/mol. The second kappa shape index (κ2) is 5.51. The van der Waals surface area contributed by atoms with Crippen LogP contribution in [0.2, 0.25) is 0 Å². The maximum Gasteiger partial charge on any atom is 0.0735 e. The second-order valence-electron chi connectivity index (χ2n) is 4.55. The molecule has 0 saturated heterocycles. The molecule has 0 aromatic rings. The van der Waals surface area contributed by atoms with Gasteiger partial charge in [0.05, 0.1) is 5.25 Å². The molecule has 14 heavy (non-hydrogen) atoms. The van der Waals surface area contributed by atoms with Crippen LogP contribution in [-0.4, -0.2) is 5.25 Å². The van der Waals surface area contributed by atoms with Gasteiger partial charge < -0.3 is 0 Å². The van der Waals surface area contributed by atoms with Gasteiger partial charge in [0, 0.05) is 5.92 Å². The molecule has 1 aliphatic heterocycles. The number of allylic oxidation sites excluding steroid dienone is 2. The molecule has 0 fully saturated rings. The summed E-state index contributed by atoms with van der Waals surface area (Å²) in [6.45, 7) is 8.84. The fourth-order valence-corrected chi connectivity index (χ4v) is 2.71. The Morgan fingerprint density at radius 3 is 2.71 bits per heavy atom. The minimum absolute atomic E-state index is 0.504. The van der Waals surface area contributed by atoms with Crippen molar-refractivity contribution in [3.63, 3.8) is 0 Å². The third-order valence-corrected chi connectivity index (χ3v) is 3.23. The normalized spacial score (nSPS) is 21.0. The molecule has 0 aromatic heterocycles. The van der Waals surface area contributed by atoms with Gasteiger partial charge in [0.25, 0.3) is 0 Å². The molecule has 1 heterocycles. The topological polar surface area (TPSA) is 0 Å². The Morgan fingerprint density at radius 2 is 2.14 bits per heavy atom. The molecule has 0 aromatic carbocycles. The highest BCUT2D eigenvalue weighted by molar-refractivity contribution is 8.04. The smallest absolute Gasteiger partial charge is 0.0735 e. The molecule has 1 heteroatoms. The largest absolute Gasteiger partial charge is 0.114 e. The van der Waals surface area contributed by atoms with Gasteiger partial charge in [0.2, 0.25) is 0 Å². The summed E-state index contributed by atoms with van der Waals surface area (Å²) in [6.07, 6.45) is 4.74. The molecule has 78 valence electrons.